The first kappa shape index (κ1) is 15.6. The van der Waals surface area contributed by atoms with Gasteiger partial charge in [0.2, 0.25) is 5.91 Å². The number of aromatic nitrogens is 3. The molecule has 25 heavy (non-hydrogen) atoms. The summed E-state index contributed by atoms with van der Waals surface area (Å²) in [6.45, 7) is 0. The van der Waals surface area contributed by atoms with Crippen LogP contribution in [0.4, 0.5) is 0 Å². The highest BCUT2D eigenvalue weighted by molar-refractivity contribution is 5.89. The molecule has 3 aromatic rings. The van der Waals surface area contributed by atoms with Crippen molar-refractivity contribution in [3.8, 4) is 0 Å². The fraction of sp³-hybridized carbons (Fsp3) is 0.316. The zero-order valence-electron chi connectivity index (χ0n) is 14.1. The SMILES string of the molecule is Cn1cc(CC(=O)N[C@@H]2CCc3n[nH]c(=O)cc3C2)c2ccccc21. The first-order valence-electron chi connectivity index (χ1n) is 8.50. The summed E-state index contributed by atoms with van der Waals surface area (Å²) < 4.78 is 2.05. The molecule has 1 atom stereocenters. The average molecular weight is 336 g/mol. The van der Waals surface area contributed by atoms with Crippen molar-refractivity contribution in [1.29, 1.82) is 0 Å². The molecule has 0 spiro atoms. The fourth-order valence-corrected chi connectivity index (χ4v) is 3.68. The van der Waals surface area contributed by atoms with Crippen LogP contribution in [0.3, 0.4) is 0 Å². The summed E-state index contributed by atoms with van der Waals surface area (Å²) in [5.74, 6) is 0.0163. The molecule has 0 unspecified atom stereocenters. The summed E-state index contributed by atoms with van der Waals surface area (Å²) in [7, 11) is 1.99. The molecule has 1 aliphatic rings. The number of nitrogens with one attached hydrogen (secondary N) is 2. The number of hydrogen-bond donors (Lipinski definition) is 2. The van der Waals surface area contributed by atoms with Crippen LogP contribution in [0.25, 0.3) is 10.9 Å². The second-order valence-corrected chi connectivity index (χ2v) is 6.67. The van der Waals surface area contributed by atoms with Gasteiger partial charge in [-0.05, 0) is 36.5 Å². The van der Waals surface area contributed by atoms with E-state index < -0.39 is 0 Å². The zero-order valence-corrected chi connectivity index (χ0v) is 14.1. The number of hydrogen-bond acceptors (Lipinski definition) is 3. The molecule has 2 aromatic heterocycles. The Labute approximate surface area is 144 Å². The number of fused-ring (bicyclic) bond motifs is 2. The van der Waals surface area contributed by atoms with Crippen molar-refractivity contribution in [3.05, 3.63) is 63.7 Å². The van der Waals surface area contributed by atoms with Crippen molar-refractivity contribution in [2.24, 2.45) is 7.05 Å². The Kier molecular flexibility index (Phi) is 3.87. The van der Waals surface area contributed by atoms with Crippen LogP contribution >= 0.6 is 0 Å². The number of rotatable bonds is 3. The monoisotopic (exact) mass is 336 g/mol. The molecule has 0 aliphatic heterocycles. The highest BCUT2D eigenvalue weighted by atomic mass is 16.1. The number of carbonyl (C=O) groups is 1. The summed E-state index contributed by atoms with van der Waals surface area (Å²) in [4.78, 5) is 23.9. The minimum atomic E-state index is -0.193. The van der Waals surface area contributed by atoms with Crippen molar-refractivity contribution in [3.63, 3.8) is 0 Å². The van der Waals surface area contributed by atoms with Crippen molar-refractivity contribution in [2.75, 3.05) is 0 Å². The Morgan fingerprint density at radius 2 is 2.24 bits per heavy atom. The summed E-state index contributed by atoms with van der Waals surface area (Å²) in [6.07, 6.45) is 4.65. The lowest BCUT2D eigenvalue weighted by atomic mass is 9.92. The number of aryl methyl sites for hydroxylation is 2. The van der Waals surface area contributed by atoms with E-state index in [2.05, 4.69) is 21.6 Å². The second-order valence-electron chi connectivity index (χ2n) is 6.67. The molecule has 0 radical (unpaired) electrons. The summed E-state index contributed by atoms with van der Waals surface area (Å²) >= 11 is 0. The molecule has 0 saturated carbocycles. The van der Waals surface area contributed by atoms with E-state index in [1.165, 1.54) is 0 Å². The highest BCUT2D eigenvalue weighted by Crippen LogP contribution is 2.21. The smallest absolute Gasteiger partial charge is 0.264 e. The van der Waals surface area contributed by atoms with Gasteiger partial charge in [-0.15, -0.1) is 0 Å². The van der Waals surface area contributed by atoms with E-state index in [1.54, 1.807) is 6.07 Å². The average Bonchev–Trinajstić information content (AvgIpc) is 2.91. The van der Waals surface area contributed by atoms with Gasteiger partial charge >= 0.3 is 0 Å². The van der Waals surface area contributed by atoms with Gasteiger partial charge in [-0.2, -0.15) is 5.10 Å². The second kappa shape index (κ2) is 6.20. The van der Waals surface area contributed by atoms with Gasteiger partial charge < -0.3 is 9.88 Å². The predicted molar refractivity (Wildman–Crippen MR) is 95.4 cm³/mol. The Hall–Kier alpha value is -2.89. The lowest BCUT2D eigenvalue weighted by Gasteiger charge is -2.24. The molecule has 1 amide bonds. The van der Waals surface area contributed by atoms with Crippen molar-refractivity contribution >= 4 is 16.8 Å². The number of para-hydroxylation sites is 1. The van der Waals surface area contributed by atoms with Gasteiger partial charge in [-0.3, -0.25) is 9.59 Å². The van der Waals surface area contributed by atoms with Crippen LogP contribution in [0.5, 0.6) is 0 Å². The molecular weight excluding hydrogens is 316 g/mol. The third-order valence-electron chi connectivity index (χ3n) is 4.87. The molecule has 1 aromatic carbocycles. The highest BCUT2D eigenvalue weighted by Gasteiger charge is 2.22. The van der Waals surface area contributed by atoms with E-state index in [4.69, 9.17) is 0 Å². The van der Waals surface area contributed by atoms with Gasteiger partial charge in [0.1, 0.15) is 0 Å². The van der Waals surface area contributed by atoms with E-state index >= 15 is 0 Å². The zero-order chi connectivity index (χ0) is 17.4. The fourth-order valence-electron chi connectivity index (χ4n) is 3.68. The van der Waals surface area contributed by atoms with Crippen LogP contribution in [0.1, 0.15) is 23.2 Å². The van der Waals surface area contributed by atoms with Crippen LogP contribution in [-0.4, -0.2) is 26.7 Å². The Morgan fingerprint density at radius 1 is 1.40 bits per heavy atom. The lowest BCUT2D eigenvalue weighted by Crippen LogP contribution is -2.40. The molecular formula is C19H20N4O2. The predicted octanol–water partition coefficient (Wildman–Crippen LogP) is 1.48. The summed E-state index contributed by atoms with van der Waals surface area (Å²) in [6, 6.07) is 9.74. The maximum Gasteiger partial charge on any atom is 0.264 e. The first-order valence-corrected chi connectivity index (χ1v) is 8.50. The molecule has 0 saturated heterocycles. The summed E-state index contributed by atoms with van der Waals surface area (Å²) in [5.41, 5.74) is 3.83. The molecule has 2 N–H and O–H groups in total. The summed E-state index contributed by atoms with van der Waals surface area (Å²) in [5, 5.41) is 10.8. The standard InChI is InChI=1S/C19H20N4O2/c1-23-11-13(15-4-2-3-5-17(15)23)10-18(24)20-14-6-7-16-12(8-14)9-19(25)22-21-16/h2-5,9,11,14H,6-8,10H2,1H3,(H,20,24)(H,22,25)/t14-/m1/s1. The van der Waals surface area contributed by atoms with Crippen molar-refractivity contribution in [1.82, 2.24) is 20.1 Å². The van der Waals surface area contributed by atoms with Gasteiger partial charge in [0.25, 0.3) is 5.56 Å². The van der Waals surface area contributed by atoms with Crippen molar-refractivity contribution < 1.29 is 4.79 Å². The number of nitrogens with zero attached hydrogens (tertiary/aromatic N) is 2. The topological polar surface area (TPSA) is 79.8 Å². The quantitative estimate of drug-likeness (QED) is 0.760. The molecule has 0 fully saturated rings. The first-order chi connectivity index (χ1) is 12.1. The van der Waals surface area contributed by atoms with Gasteiger partial charge in [0, 0.05) is 36.3 Å². The molecule has 6 nitrogen and oxygen atoms in total. The van der Waals surface area contributed by atoms with E-state index in [9.17, 15) is 9.59 Å². The molecule has 6 heteroatoms. The van der Waals surface area contributed by atoms with Crippen LogP contribution in [0.15, 0.2) is 41.3 Å². The molecule has 2 heterocycles. The van der Waals surface area contributed by atoms with Gasteiger partial charge in [0.15, 0.2) is 0 Å². The minimum absolute atomic E-state index is 0.0163. The van der Waals surface area contributed by atoms with E-state index in [0.717, 1.165) is 40.6 Å². The van der Waals surface area contributed by atoms with Gasteiger partial charge in [0.05, 0.1) is 12.1 Å². The Morgan fingerprint density at radius 3 is 3.12 bits per heavy atom. The van der Waals surface area contributed by atoms with Crippen LogP contribution in [0, 0.1) is 0 Å². The number of aromatic amines is 1. The number of carbonyl (C=O) groups excluding carboxylic acids is 1. The Balaban J connectivity index is 1.47. The maximum atomic E-state index is 12.5. The third kappa shape index (κ3) is 3.07. The third-order valence-corrected chi connectivity index (χ3v) is 4.87. The number of H-pyrrole nitrogens is 1. The van der Waals surface area contributed by atoms with Crippen LogP contribution < -0.4 is 10.9 Å². The number of amides is 1. The van der Waals surface area contributed by atoms with E-state index in [1.807, 2.05) is 36.0 Å². The molecule has 4 rings (SSSR count). The van der Waals surface area contributed by atoms with Crippen molar-refractivity contribution in [2.45, 2.75) is 31.7 Å². The van der Waals surface area contributed by atoms with E-state index in [0.29, 0.717) is 12.8 Å². The van der Waals surface area contributed by atoms with Gasteiger partial charge in [-0.1, -0.05) is 18.2 Å². The number of benzene rings is 1. The largest absolute Gasteiger partial charge is 0.353 e. The van der Waals surface area contributed by atoms with E-state index in [-0.39, 0.29) is 17.5 Å². The van der Waals surface area contributed by atoms with Crippen LogP contribution in [-0.2, 0) is 31.1 Å². The Bertz CT molecular complexity index is 1000. The molecule has 1 aliphatic carbocycles. The molecule has 0 bridgehead atoms. The lowest BCUT2D eigenvalue weighted by molar-refractivity contribution is -0.121. The van der Waals surface area contributed by atoms with Crippen LogP contribution in [0.2, 0.25) is 0 Å². The minimum Gasteiger partial charge on any atom is -0.353 e. The molecule has 128 valence electrons. The maximum absolute atomic E-state index is 12.5. The van der Waals surface area contributed by atoms with Gasteiger partial charge in [-0.25, -0.2) is 5.10 Å². The normalized spacial score (nSPS) is 16.6.